The lowest BCUT2D eigenvalue weighted by atomic mass is 9.95. The maximum atomic E-state index is 13.6. The molecule has 30 heavy (non-hydrogen) atoms. The quantitative estimate of drug-likeness (QED) is 0.283. The highest BCUT2D eigenvalue weighted by Crippen LogP contribution is 2.31. The summed E-state index contributed by atoms with van der Waals surface area (Å²) in [5, 5.41) is 0. The highest BCUT2D eigenvalue weighted by atomic mass is 127. The van der Waals surface area contributed by atoms with E-state index in [0.717, 1.165) is 18.5 Å². The van der Waals surface area contributed by atoms with Crippen molar-refractivity contribution >= 4 is 28.4 Å². The molecule has 0 fully saturated rings. The molecule has 0 saturated heterocycles. The molecule has 3 rings (SSSR count). The molecule has 0 aliphatic carbocycles. The van der Waals surface area contributed by atoms with Gasteiger partial charge in [-0.2, -0.15) is 0 Å². The van der Waals surface area contributed by atoms with Gasteiger partial charge in [0, 0.05) is 15.7 Å². The van der Waals surface area contributed by atoms with Gasteiger partial charge >= 0.3 is 0 Å². The van der Waals surface area contributed by atoms with E-state index in [9.17, 15) is 4.79 Å². The van der Waals surface area contributed by atoms with Crippen LogP contribution in [0.1, 0.15) is 27.5 Å². The summed E-state index contributed by atoms with van der Waals surface area (Å²) in [4.78, 5) is 15.7. The van der Waals surface area contributed by atoms with E-state index < -0.39 is 0 Å². The van der Waals surface area contributed by atoms with E-state index in [1.54, 1.807) is 32.4 Å². The molecule has 0 N–H and O–H groups in total. The van der Waals surface area contributed by atoms with Crippen molar-refractivity contribution in [2.75, 3.05) is 27.8 Å². The maximum Gasteiger partial charge on any atom is 0.184 e. The molecule has 0 heterocycles. The van der Waals surface area contributed by atoms with Gasteiger partial charge in [0.05, 0.1) is 20.3 Å². The normalized spacial score (nSPS) is 11.9. The lowest BCUT2D eigenvalue weighted by Gasteiger charge is -2.28. The Labute approximate surface area is 192 Å². The van der Waals surface area contributed by atoms with E-state index in [-0.39, 0.29) is 11.8 Å². The third-order valence-electron chi connectivity index (χ3n) is 5.16. The van der Waals surface area contributed by atoms with Gasteiger partial charge in [-0.3, -0.25) is 9.69 Å². The second-order valence-corrected chi connectivity index (χ2v) is 8.23. The minimum absolute atomic E-state index is 0.0346. The number of hydrogen-bond acceptors (Lipinski definition) is 4. The smallest absolute Gasteiger partial charge is 0.184 e. The van der Waals surface area contributed by atoms with Gasteiger partial charge in [-0.1, -0.05) is 48.5 Å². The largest absolute Gasteiger partial charge is 0.493 e. The first kappa shape index (κ1) is 22.3. The van der Waals surface area contributed by atoms with Crippen molar-refractivity contribution in [3.05, 3.63) is 93.1 Å². The van der Waals surface area contributed by atoms with Crippen molar-refractivity contribution in [2.45, 2.75) is 12.5 Å². The number of Topliss-reactive ketones (excluding diaryl/α,β-unsaturated/α-hetero) is 1. The number of ether oxygens (including phenoxy) is 2. The predicted molar refractivity (Wildman–Crippen MR) is 129 cm³/mol. The highest BCUT2D eigenvalue weighted by Gasteiger charge is 2.27. The molecule has 156 valence electrons. The molecule has 1 unspecified atom stereocenters. The van der Waals surface area contributed by atoms with E-state index in [4.69, 9.17) is 9.47 Å². The summed E-state index contributed by atoms with van der Waals surface area (Å²) < 4.78 is 12.0. The van der Waals surface area contributed by atoms with Crippen LogP contribution in [0.4, 0.5) is 0 Å². The average Bonchev–Trinajstić information content (AvgIpc) is 2.78. The summed E-state index contributed by atoms with van der Waals surface area (Å²) in [6.45, 7) is 0.763. The number of carbonyl (C=O) groups excluding carboxylic acids is 1. The molecular weight excluding hydrogens is 489 g/mol. The number of hydrogen-bond donors (Lipinski definition) is 0. The van der Waals surface area contributed by atoms with Crippen LogP contribution in [0.2, 0.25) is 0 Å². The van der Waals surface area contributed by atoms with Crippen LogP contribution in [0.15, 0.2) is 72.8 Å². The molecule has 5 heteroatoms. The Kier molecular flexibility index (Phi) is 7.87. The fraction of sp³-hybridized carbons (Fsp3) is 0.240. The number of rotatable bonds is 9. The molecule has 0 amide bonds. The Balaban J connectivity index is 1.89. The predicted octanol–water partition coefficient (Wildman–Crippen LogP) is 5.41. The fourth-order valence-electron chi connectivity index (χ4n) is 3.52. The molecule has 0 aliphatic heterocycles. The van der Waals surface area contributed by atoms with Gasteiger partial charge in [0.1, 0.15) is 0 Å². The van der Waals surface area contributed by atoms with Crippen molar-refractivity contribution in [2.24, 2.45) is 0 Å². The number of carbonyl (C=O) groups is 1. The van der Waals surface area contributed by atoms with E-state index in [0.29, 0.717) is 17.1 Å². The zero-order valence-electron chi connectivity index (χ0n) is 17.5. The Morgan fingerprint density at radius 2 is 1.60 bits per heavy atom. The molecule has 0 bridgehead atoms. The molecule has 0 spiro atoms. The van der Waals surface area contributed by atoms with E-state index in [2.05, 4.69) is 45.7 Å². The van der Waals surface area contributed by atoms with Crippen molar-refractivity contribution in [1.29, 1.82) is 0 Å². The third kappa shape index (κ3) is 5.21. The van der Waals surface area contributed by atoms with Crippen molar-refractivity contribution in [3.63, 3.8) is 0 Å². The number of ketones is 1. The van der Waals surface area contributed by atoms with E-state index in [1.807, 2.05) is 43.4 Å². The molecule has 0 saturated carbocycles. The van der Waals surface area contributed by atoms with Crippen molar-refractivity contribution in [1.82, 2.24) is 4.90 Å². The topological polar surface area (TPSA) is 38.8 Å². The SMILES string of the molecule is COc1ccc(C(=O)C(c2ccccc2)N(C)CCc2ccccc2I)cc1OC. The molecule has 3 aromatic rings. The molecule has 3 aromatic carbocycles. The van der Waals surface area contributed by atoms with Gasteiger partial charge in [0.25, 0.3) is 0 Å². The fourth-order valence-corrected chi connectivity index (χ4v) is 4.17. The zero-order valence-corrected chi connectivity index (χ0v) is 19.6. The summed E-state index contributed by atoms with van der Waals surface area (Å²) in [6, 6.07) is 23.2. The Morgan fingerprint density at radius 1 is 0.933 bits per heavy atom. The van der Waals surface area contributed by atoms with Crippen LogP contribution in [0.3, 0.4) is 0 Å². The minimum Gasteiger partial charge on any atom is -0.493 e. The Morgan fingerprint density at radius 3 is 2.27 bits per heavy atom. The van der Waals surface area contributed by atoms with Crippen LogP contribution < -0.4 is 9.47 Å². The van der Waals surface area contributed by atoms with Gasteiger partial charge < -0.3 is 9.47 Å². The summed E-state index contributed by atoms with van der Waals surface area (Å²) >= 11 is 2.36. The summed E-state index contributed by atoms with van der Waals surface area (Å²) in [5.41, 5.74) is 2.86. The maximum absolute atomic E-state index is 13.6. The zero-order chi connectivity index (χ0) is 21.5. The average molecular weight is 515 g/mol. The van der Waals surface area contributed by atoms with E-state index >= 15 is 0 Å². The molecule has 0 aromatic heterocycles. The van der Waals surface area contributed by atoms with Crippen molar-refractivity contribution in [3.8, 4) is 11.5 Å². The minimum atomic E-state index is -0.384. The lowest BCUT2D eigenvalue weighted by molar-refractivity contribution is 0.0851. The van der Waals surface area contributed by atoms with Crippen molar-refractivity contribution < 1.29 is 14.3 Å². The number of likely N-dealkylation sites (N-methyl/N-ethyl adjacent to an activating group) is 1. The van der Waals surface area contributed by atoms with Gasteiger partial charge in [0.15, 0.2) is 17.3 Å². The van der Waals surface area contributed by atoms with Crippen LogP contribution in [0.25, 0.3) is 0 Å². The second kappa shape index (κ2) is 10.6. The first-order valence-corrected chi connectivity index (χ1v) is 10.9. The molecule has 0 radical (unpaired) electrons. The molecular formula is C25H26INO3. The third-order valence-corrected chi connectivity index (χ3v) is 6.22. The second-order valence-electron chi connectivity index (χ2n) is 7.07. The number of halogens is 1. The standard InChI is InChI=1S/C25H26INO3/c1-27(16-15-18-9-7-8-12-21(18)26)24(19-10-5-4-6-11-19)25(28)20-13-14-22(29-2)23(17-20)30-3/h4-14,17,24H,15-16H2,1-3H3. The first-order chi connectivity index (χ1) is 14.5. The lowest BCUT2D eigenvalue weighted by Crippen LogP contribution is -2.32. The van der Waals surface area contributed by atoms with Crippen LogP contribution in [-0.2, 0) is 6.42 Å². The van der Waals surface area contributed by atoms with E-state index in [1.165, 1.54) is 9.13 Å². The van der Waals surface area contributed by atoms with Crippen LogP contribution in [0, 0.1) is 3.57 Å². The Bertz CT molecular complexity index is 991. The van der Waals surface area contributed by atoms with Crippen LogP contribution in [0.5, 0.6) is 11.5 Å². The highest BCUT2D eigenvalue weighted by molar-refractivity contribution is 14.1. The number of nitrogens with zero attached hydrogens (tertiary/aromatic N) is 1. The molecule has 1 atom stereocenters. The Hall–Kier alpha value is -2.38. The monoisotopic (exact) mass is 515 g/mol. The van der Waals surface area contributed by atoms with Gasteiger partial charge in [-0.15, -0.1) is 0 Å². The number of benzene rings is 3. The summed E-state index contributed by atoms with van der Waals surface area (Å²) in [5.74, 6) is 1.20. The number of methoxy groups -OCH3 is 2. The molecule has 0 aliphatic rings. The van der Waals surface area contributed by atoms with Gasteiger partial charge in [-0.05, 0) is 71.5 Å². The van der Waals surface area contributed by atoms with Gasteiger partial charge in [-0.25, -0.2) is 0 Å². The summed E-state index contributed by atoms with van der Waals surface area (Å²) in [7, 11) is 5.17. The first-order valence-electron chi connectivity index (χ1n) is 9.80. The van der Waals surface area contributed by atoms with Crippen LogP contribution >= 0.6 is 22.6 Å². The van der Waals surface area contributed by atoms with Gasteiger partial charge in [0.2, 0.25) is 0 Å². The summed E-state index contributed by atoms with van der Waals surface area (Å²) in [6.07, 6.45) is 0.873. The van der Waals surface area contributed by atoms with Crippen LogP contribution in [-0.4, -0.2) is 38.5 Å². The molecule has 4 nitrogen and oxygen atoms in total.